The number of benzene rings is 1. The Kier molecular flexibility index (Phi) is 10.2. The van der Waals surface area contributed by atoms with Gasteiger partial charge in [0.25, 0.3) is 0 Å². The number of hydrogen-bond acceptors (Lipinski definition) is 1. The third-order valence-corrected chi connectivity index (χ3v) is 2.49. The number of hydrogen-bond donors (Lipinski definition) is 1. The van der Waals surface area contributed by atoms with Crippen LogP contribution in [0.5, 0.6) is 0 Å². The maximum atomic E-state index is 10.8. The fourth-order valence-electron chi connectivity index (χ4n) is 1.56. The van der Waals surface area contributed by atoms with E-state index in [1.807, 2.05) is 24.3 Å². The van der Waals surface area contributed by atoms with Crippen molar-refractivity contribution >= 4 is 5.97 Å². The molecule has 0 saturated heterocycles. The maximum absolute atomic E-state index is 10.8. The van der Waals surface area contributed by atoms with Crippen LogP contribution in [0.2, 0.25) is 0 Å². The first-order valence-corrected chi connectivity index (χ1v) is 5.32. The molecule has 1 rings (SSSR count). The summed E-state index contributed by atoms with van der Waals surface area (Å²) in [7, 11) is 0. The zero-order valence-corrected chi connectivity index (χ0v) is 13.7. The second kappa shape index (κ2) is 8.98. The average Bonchev–Trinajstić information content (AvgIpc) is 2.17. The predicted molar refractivity (Wildman–Crippen MR) is 61.0 cm³/mol. The minimum Gasteiger partial charge on any atom is -1.00 e. The minimum atomic E-state index is -0.772. The minimum absolute atomic E-state index is 0. The Labute approximate surface area is 132 Å². The van der Waals surface area contributed by atoms with Crippen molar-refractivity contribution < 1.29 is 51.9 Å². The van der Waals surface area contributed by atoms with Gasteiger partial charge in [-0.25, -0.2) is 0 Å². The van der Waals surface area contributed by atoms with E-state index in [4.69, 9.17) is 5.11 Å². The number of carboxylic acids is 1. The van der Waals surface area contributed by atoms with E-state index in [0.717, 1.165) is 12.0 Å². The van der Waals surface area contributed by atoms with Crippen LogP contribution in [0.4, 0.5) is 0 Å². The van der Waals surface area contributed by atoms with E-state index in [1.54, 1.807) is 6.92 Å². The van der Waals surface area contributed by atoms with Crippen molar-refractivity contribution in [3.05, 3.63) is 35.4 Å². The molecule has 0 aliphatic carbocycles. The van der Waals surface area contributed by atoms with Gasteiger partial charge in [0.1, 0.15) is 0 Å². The molecule has 0 bridgehead atoms. The summed E-state index contributed by atoms with van der Waals surface area (Å²) in [6.07, 6.45) is 1.04. The smallest absolute Gasteiger partial charge is 1.00 e. The topological polar surface area (TPSA) is 37.3 Å². The van der Waals surface area contributed by atoms with Gasteiger partial charge < -0.3 is 17.5 Å². The molecule has 17 heavy (non-hydrogen) atoms. The van der Waals surface area contributed by atoms with Crippen LogP contribution in [0.3, 0.4) is 0 Å². The van der Waals surface area contributed by atoms with Crippen molar-refractivity contribution in [2.45, 2.75) is 33.1 Å². The first kappa shape index (κ1) is 19.3. The zero-order chi connectivity index (χ0) is 11.4. The molecule has 1 aromatic rings. The van der Waals surface area contributed by atoms with Gasteiger partial charge in [-0.05, 0) is 30.4 Å². The van der Waals surface area contributed by atoms with Crippen LogP contribution in [-0.4, -0.2) is 11.1 Å². The maximum Gasteiger partial charge on any atom is 1.00 e. The molecule has 0 aliphatic rings. The molecule has 4 heteroatoms. The molecule has 90 valence electrons. The fourth-order valence-corrected chi connectivity index (χ4v) is 1.56. The van der Waals surface area contributed by atoms with Crippen LogP contribution < -0.4 is 42.0 Å². The standard InChI is InChI=1S/C13H18O2.ClH.Na/c1-9(2)8-11-4-6-12(7-5-11)10(3)13(14)15;;/h4-7,9-10H,8H2,1-3H3,(H,14,15);1H;/q;;+1/p-1/t10-;;/m0../s1. The van der Waals surface area contributed by atoms with Gasteiger partial charge in [0, 0.05) is 0 Å². The summed E-state index contributed by atoms with van der Waals surface area (Å²) in [5.74, 6) is -0.558. The van der Waals surface area contributed by atoms with E-state index in [0.29, 0.717) is 5.92 Å². The van der Waals surface area contributed by atoms with Gasteiger partial charge in [-0.15, -0.1) is 0 Å². The molecular formula is C13H18ClNaO2. The molecule has 0 aliphatic heterocycles. The van der Waals surface area contributed by atoms with Crippen molar-refractivity contribution in [2.24, 2.45) is 5.92 Å². The molecule has 0 unspecified atom stereocenters. The van der Waals surface area contributed by atoms with Crippen LogP contribution in [0.1, 0.15) is 37.8 Å². The predicted octanol–water partition coefficient (Wildman–Crippen LogP) is -2.92. The average molecular weight is 265 g/mol. The molecular weight excluding hydrogens is 247 g/mol. The number of carboxylic acid groups (broad SMARTS) is 1. The van der Waals surface area contributed by atoms with Crippen molar-refractivity contribution in [1.82, 2.24) is 0 Å². The molecule has 0 heterocycles. The summed E-state index contributed by atoms with van der Waals surface area (Å²) >= 11 is 0. The SMILES string of the molecule is CC(C)Cc1ccc([C@H](C)C(=O)O)cc1.[Cl-].[Na+]. The van der Waals surface area contributed by atoms with E-state index >= 15 is 0 Å². The normalized spacial score (nSPS) is 11.3. The van der Waals surface area contributed by atoms with Gasteiger partial charge >= 0.3 is 35.5 Å². The van der Waals surface area contributed by atoms with Crippen molar-refractivity contribution in [3.63, 3.8) is 0 Å². The first-order chi connectivity index (χ1) is 7.00. The summed E-state index contributed by atoms with van der Waals surface area (Å²) in [6, 6.07) is 7.87. The molecule has 1 N–H and O–H groups in total. The Bertz CT molecular complexity index is 336. The monoisotopic (exact) mass is 264 g/mol. The van der Waals surface area contributed by atoms with Gasteiger partial charge in [0.2, 0.25) is 0 Å². The molecule has 0 amide bonds. The van der Waals surface area contributed by atoms with Crippen molar-refractivity contribution in [3.8, 4) is 0 Å². The quantitative estimate of drug-likeness (QED) is 0.592. The Hall–Kier alpha value is -0.0200. The Balaban J connectivity index is 0. The van der Waals surface area contributed by atoms with E-state index < -0.39 is 11.9 Å². The Morgan fingerprint density at radius 3 is 2.00 bits per heavy atom. The summed E-state index contributed by atoms with van der Waals surface area (Å²) in [4.78, 5) is 10.8. The van der Waals surface area contributed by atoms with Gasteiger partial charge in [-0.2, -0.15) is 0 Å². The molecule has 0 saturated carbocycles. The van der Waals surface area contributed by atoms with Gasteiger partial charge in [-0.1, -0.05) is 38.1 Å². The largest absolute Gasteiger partial charge is 1.00 e. The zero-order valence-electron chi connectivity index (χ0n) is 10.9. The number of rotatable bonds is 4. The van der Waals surface area contributed by atoms with E-state index in [9.17, 15) is 4.79 Å². The fraction of sp³-hybridized carbons (Fsp3) is 0.462. The third kappa shape index (κ3) is 6.46. The Morgan fingerprint density at radius 2 is 1.65 bits per heavy atom. The van der Waals surface area contributed by atoms with Gasteiger partial charge in [0.05, 0.1) is 5.92 Å². The van der Waals surface area contributed by atoms with Crippen LogP contribution in [0.15, 0.2) is 24.3 Å². The molecule has 0 fully saturated rings. The summed E-state index contributed by atoms with van der Waals surface area (Å²) in [5.41, 5.74) is 2.14. The second-order valence-corrected chi connectivity index (χ2v) is 4.40. The summed E-state index contributed by atoms with van der Waals surface area (Å²) in [5, 5.41) is 8.85. The summed E-state index contributed by atoms with van der Waals surface area (Å²) < 4.78 is 0. The molecule has 0 aromatic heterocycles. The molecule has 1 atom stereocenters. The number of carbonyl (C=O) groups is 1. The van der Waals surface area contributed by atoms with Crippen LogP contribution in [-0.2, 0) is 11.2 Å². The van der Waals surface area contributed by atoms with Crippen LogP contribution in [0.25, 0.3) is 0 Å². The number of halogens is 1. The van der Waals surface area contributed by atoms with Crippen LogP contribution in [0, 0.1) is 5.92 Å². The van der Waals surface area contributed by atoms with Crippen molar-refractivity contribution in [1.29, 1.82) is 0 Å². The van der Waals surface area contributed by atoms with E-state index in [1.165, 1.54) is 5.56 Å². The molecule has 1 aromatic carbocycles. The molecule has 2 nitrogen and oxygen atoms in total. The molecule has 0 spiro atoms. The van der Waals surface area contributed by atoms with E-state index in [-0.39, 0.29) is 42.0 Å². The van der Waals surface area contributed by atoms with Crippen molar-refractivity contribution in [2.75, 3.05) is 0 Å². The van der Waals surface area contributed by atoms with Gasteiger partial charge in [-0.3, -0.25) is 4.79 Å². The molecule has 0 radical (unpaired) electrons. The first-order valence-electron chi connectivity index (χ1n) is 5.32. The second-order valence-electron chi connectivity index (χ2n) is 4.40. The summed E-state index contributed by atoms with van der Waals surface area (Å²) in [6.45, 7) is 6.06. The van der Waals surface area contributed by atoms with Crippen LogP contribution >= 0.6 is 0 Å². The Morgan fingerprint density at radius 1 is 1.18 bits per heavy atom. The number of aliphatic carboxylic acids is 1. The van der Waals surface area contributed by atoms with E-state index in [2.05, 4.69) is 13.8 Å². The van der Waals surface area contributed by atoms with Gasteiger partial charge in [0.15, 0.2) is 0 Å². The third-order valence-electron chi connectivity index (χ3n) is 2.49.